The second-order valence-corrected chi connectivity index (χ2v) is 5.97. The van der Waals surface area contributed by atoms with E-state index in [9.17, 15) is 4.79 Å². The summed E-state index contributed by atoms with van der Waals surface area (Å²) in [5.74, 6) is 0.573. The quantitative estimate of drug-likeness (QED) is 0.765. The Kier molecular flexibility index (Phi) is 4.59. The van der Waals surface area contributed by atoms with Crippen molar-refractivity contribution in [3.8, 4) is 5.13 Å². The Morgan fingerprint density at radius 1 is 1.20 bits per heavy atom. The van der Waals surface area contributed by atoms with Gasteiger partial charge in [-0.25, -0.2) is 0 Å². The zero-order valence-corrected chi connectivity index (χ0v) is 13.0. The summed E-state index contributed by atoms with van der Waals surface area (Å²) in [6.45, 7) is 8.34. The van der Waals surface area contributed by atoms with Gasteiger partial charge in [0.15, 0.2) is 6.29 Å². The molecule has 0 spiro atoms. The van der Waals surface area contributed by atoms with Gasteiger partial charge in [0.25, 0.3) is 0 Å². The van der Waals surface area contributed by atoms with Crippen LogP contribution in [0.4, 0.5) is 0 Å². The second kappa shape index (κ2) is 6.21. The third-order valence-corrected chi connectivity index (χ3v) is 4.52. The summed E-state index contributed by atoms with van der Waals surface area (Å²) >= 11 is 1.49. The van der Waals surface area contributed by atoms with Gasteiger partial charge in [-0.05, 0) is 12.8 Å². The van der Waals surface area contributed by atoms with Crippen LogP contribution in [0.3, 0.4) is 0 Å². The predicted octanol–water partition coefficient (Wildman–Crippen LogP) is 2.96. The lowest BCUT2D eigenvalue weighted by molar-refractivity contribution is 0.111. The van der Waals surface area contributed by atoms with E-state index in [2.05, 4.69) is 48.2 Å². The van der Waals surface area contributed by atoms with Crippen LogP contribution in [0.1, 0.15) is 73.6 Å². The number of carbonyl (C=O) groups is 1. The van der Waals surface area contributed by atoms with Gasteiger partial charge in [-0.1, -0.05) is 44.2 Å². The van der Waals surface area contributed by atoms with Crippen LogP contribution < -0.4 is 0 Å². The fourth-order valence-corrected chi connectivity index (χ4v) is 2.94. The number of hydrogen-bond donors (Lipinski definition) is 0. The summed E-state index contributed by atoms with van der Waals surface area (Å²) in [7, 11) is 0. The van der Waals surface area contributed by atoms with E-state index >= 15 is 0 Å². The van der Waals surface area contributed by atoms with Gasteiger partial charge in [0, 0.05) is 11.8 Å². The largest absolute Gasteiger partial charge is 0.296 e. The summed E-state index contributed by atoms with van der Waals surface area (Å²) in [5.41, 5.74) is 1.25. The summed E-state index contributed by atoms with van der Waals surface area (Å²) < 4.78 is 1.67. The lowest BCUT2D eigenvalue weighted by Gasteiger charge is -2.12. The smallest absolute Gasteiger partial charge is 0.234 e. The molecule has 0 aliphatic rings. The molecule has 2 aromatic heterocycles. The lowest BCUT2D eigenvalue weighted by Crippen LogP contribution is -2.08. The fraction of sp³-hybridized carbons (Fsp3) is 0.615. The summed E-state index contributed by atoms with van der Waals surface area (Å²) in [6, 6.07) is 0. The number of aromatic nitrogens is 5. The first-order valence-corrected chi connectivity index (χ1v) is 7.68. The number of hydrogen-bond acceptors (Lipinski definition) is 6. The number of rotatable bonds is 6. The fourth-order valence-electron chi connectivity index (χ4n) is 2.13. The van der Waals surface area contributed by atoms with Gasteiger partial charge in [-0.15, -0.1) is 15.3 Å². The molecule has 0 N–H and O–H groups in total. The maximum atomic E-state index is 11.2. The van der Waals surface area contributed by atoms with Gasteiger partial charge in [-0.3, -0.25) is 4.79 Å². The molecule has 0 radical (unpaired) electrons. The monoisotopic (exact) mass is 293 g/mol. The molecule has 2 rings (SSSR count). The molecule has 0 fully saturated rings. The molecule has 0 saturated heterocycles. The molecule has 0 bridgehead atoms. The van der Waals surface area contributed by atoms with E-state index in [1.807, 2.05) is 0 Å². The molecule has 2 aromatic rings. The van der Waals surface area contributed by atoms with Crippen LogP contribution in [0.15, 0.2) is 0 Å². The minimum absolute atomic E-state index is 0.247. The van der Waals surface area contributed by atoms with Crippen molar-refractivity contribution in [1.29, 1.82) is 0 Å². The molecule has 0 atom stereocenters. The molecule has 6 nitrogen and oxygen atoms in total. The topological polar surface area (TPSA) is 73.6 Å². The zero-order chi connectivity index (χ0) is 14.7. The number of carbonyl (C=O) groups excluding carboxylic acids is 1. The third kappa shape index (κ3) is 2.63. The van der Waals surface area contributed by atoms with E-state index in [1.165, 1.54) is 11.3 Å². The number of nitrogens with zero attached hydrogens (tertiary/aromatic N) is 5. The standard InChI is InChI=1S/C13H19N5OS/c1-5-9(6-2)11-10(7-19)14-17-18(11)13-16-15-12(20-13)8(3)4/h7-9H,5-6H2,1-4H3. The molecule has 2 heterocycles. The van der Waals surface area contributed by atoms with Crippen LogP contribution in [0, 0.1) is 0 Å². The number of aldehydes is 1. The highest BCUT2D eigenvalue weighted by atomic mass is 32.1. The first kappa shape index (κ1) is 14.8. The summed E-state index contributed by atoms with van der Waals surface area (Å²) in [4.78, 5) is 11.2. The molecule has 0 saturated carbocycles. The molecule has 0 unspecified atom stereocenters. The Morgan fingerprint density at radius 3 is 2.40 bits per heavy atom. The van der Waals surface area contributed by atoms with E-state index in [0.29, 0.717) is 16.7 Å². The molecule has 0 aliphatic carbocycles. The Morgan fingerprint density at radius 2 is 1.90 bits per heavy atom. The minimum atomic E-state index is 0.247. The van der Waals surface area contributed by atoms with Crippen LogP contribution >= 0.6 is 11.3 Å². The molecule has 0 amide bonds. The first-order valence-electron chi connectivity index (χ1n) is 6.86. The first-order chi connectivity index (χ1) is 9.62. The van der Waals surface area contributed by atoms with Crippen LogP contribution in [-0.2, 0) is 0 Å². The van der Waals surface area contributed by atoms with Crippen molar-refractivity contribution in [3.05, 3.63) is 16.4 Å². The molecule has 0 aromatic carbocycles. The van der Waals surface area contributed by atoms with E-state index < -0.39 is 0 Å². The van der Waals surface area contributed by atoms with Crippen LogP contribution in [0.5, 0.6) is 0 Å². The highest BCUT2D eigenvalue weighted by Gasteiger charge is 2.23. The average Bonchev–Trinajstić information content (AvgIpc) is 3.06. The maximum Gasteiger partial charge on any atom is 0.234 e. The molecular formula is C13H19N5OS. The van der Waals surface area contributed by atoms with Crippen molar-refractivity contribution in [2.24, 2.45) is 0 Å². The van der Waals surface area contributed by atoms with E-state index in [1.54, 1.807) is 4.68 Å². The van der Waals surface area contributed by atoms with Crippen molar-refractivity contribution < 1.29 is 4.79 Å². The van der Waals surface area contributed by atoms with Crippen LogP contribution in [0.25, 0.3) is 5.13 Å². The average molecular weight is 293 g/mol. The maximum absolute atomic E-state index is 11.2. The van der Waals surface area contributed by atoms with Crippen molar-refractivity contribution in [2.45, 2.75) is 52.4 Å². The van der Waals surface area contributed by atoms with Gasteiger partial charge in [0.05, 0.1) is 5.69 Å². The Balaban J connectivity index is 2.50. The van der Waals surface area contributed by atoms with Gasteiger partial charge < -0.3 is 0 Å². The summed E-state index contributed by atoms with van der Waals surface area (Å²) in [6.07, 6.45) is 2.63. The van der Waals surface area contributed by atoms with Gasteiger partial charge >= 0.3 is 0 Å². The van der Waals surface area contributed by atoms with E-state index in [4.69, 9.17) is 0 Å². The lowest BCUT2D eigenvalue weighted by atomic mass is 9.98. The highest BCUT2D eigenvalue weighted by molar-refractivity contribution is 7.13. The van der Waals surface area contributed by atoms with Crippen LogP contribution in [0.2, 0.25) is 0 Å². The van der Waals surface area contributed by atoms with Gasteiger partial charge in [-0.2, -0.15) is 4.68 Å². The molecule has 20 heavy (non-hydrogen) atoms. The van der Waals surface area contributed by atoms with Crippen molar-refractivity contribution in [1.82, 2.24) is 25.2 Å². The SMILES string of the molecule is CCC(CC)c1c(C=O)nnn1-c1nnc(C(C)C)s1. The summed E-state index contributed by atoms with van der Waals surface area (Å²) in [5, 5.41) is 18.0. The van der Waals surface area contributed by atoms with E-state index in [0.717, 1.165) is 29.8 Å². The van der Waals surface area contributed by atoms with Gasteiger partial charge in [0.1, 0.15) is 10.7 Å². The molecular weight excluding hydrogens is 274 g/mol. The molecule has 0 aliphatic heterocycles. The zero-order valence-electron chi connectivity index (χ0n) is 12.2. The van der Waals surface area contributed by atoms with Crippen LogP contribution in [-0.4, -0.2) is 31.5 Å². The Bertz CT molecular complexity index is 585. The predicted molar refractivity (Wildman–Crippen MR) is 77.6 cm³/mol. The van der Waals surface area contributed by atoms with Crippen molar-refractivity contribution in [2.75, 3.05) is 0 Å². The normalized spacial score (nSPS) is 11.5. The highest BCUT2D eigenvalue weighted by Crippen LogP contribution is 2.29. The second-order valence-electron chi connectivity index (χ2n) is 4.98. The van der Waals surface area contributed by atoms with Gasteiger partial charge in [0.2, 0.25) is 5.13 Å². The van der Waals surface area contributed by atoms with E-state index in [-0.39, 0.29) is 5.92 Å². The third-order valence-electron chi connectivity index (χ3n) is 3.32. The molecule has 7 heteroatoms. The Hall–Kier alpha value is -1.63. The van der Waals surface area contributed by atoms with Crippen molar-refractivity contribution >= 4 is 17.6 Å². The molecule has 108 valence electrons. The Labute approximate surface area is 122 Å². The van der Waals surface area contributed by atoms with Crippen molar-refractivity contribution in [3.63, 3.8) is 0 Å². The minimum Gasteiger partial charge on any atom is -0.296 e.